The van der Waals surface area contributed by atoms with Crippen LogP contribution in [-0.4, -0.2) is 12.8 Å². The maximum absolute atomic E-state index is 12.8. The van der Waals surface area contributed by atoms with Crippen molar-refractivity contribution < 1.29 is 22.3 Å². The van der Waals surface area contributed by atoms with Gasteiger partial charge in [0.15, 0.2) is 6.61 Å². The SMILES string of the molecule is CC(N)c1ccc(F)cc1OCC(F)(F)F. The fourth-order valence-corrected chi connectivity index (χ4v) is 1.17. The molecule has 0 saturated carbocycles. The summed E-state index contributed by atoms with van der Waals surface area (Å²) in [6.07, 6.45) is -4.46. The van der Waals surface area contributed by atoms with Crippen LogP contribution in [0.25, 0.3) is 0 Å². The molecular weight excluding hydrogens is 226 g/mol. The molecular formula is C10H11F4NO. The summed E-state index contributed by atoms with van der Waals surface area (Å²) < 4.78 is 53.1. The summed E-state index contributed by atoms with van der Waals surface area (Å²) in [7, 11) is 0. The molecule has 1 aromatic rings. The van der Waals surface area contributed by atoms with Crippen LogP contribution in [-0.2, 0) is 0 Å². The lowest BCUT2D eigenvalue weighted by molar-refractivity contribution is -0.153. The molecule has 2 N–H and O–H groups in total. The number of ether oxygens (including phenoxy) is 1. The van der Waals surface area contributed by atoms with Crippen LogP contribution in [0.2, 0.25) is 0 Å². The molecule has 16 heavy (non-hydrogen) atoms. The molecule has 0 aliphatic rings. The van der Waals surface area contributed by atoms with Gasteiger partial charge in [-0.3, -0.25) is 0 Å². The summed E-state index contributed by atoms with van der Waals surface area (Å²) in [6.45, 7) is 0.115. The summed E-state index contributed by atoms with van der Waals surface area (Å²) >= 11 is 0. The Morgan fingerprint density at radius 3 is 2.50 bits per heavy atom. The first-order valence-electron chi connectivity index (χ1n) is 4.54. The maximum atomic E-state index is 12.8. The Morgan fingerprint density at radius 2 is 2.00 bits per heavy atom. The molecule has 0 bridgehead atoms. The van der Waals surface area contributed by atoms with Crippen molar-refractivity contribution in [1.82, 2.24) is 0 Å². The second kappa shape index (κ2) is 4.69. The van der Waals surface area contributed by atoms with Crippen molar-refractivity contribution in [3.8, 4) is 5.75 Å². The zero-order chi connectivity index (χ0) is 12.3. The smallest absolute Gasteiger partial charge is 0.422 e. The molecule has 1 atom stereocenters. The highest BCUT2D eigenvalue weighted by molar-refractivity contribution is 5.36. The van der Waals surface area contributed by atoms with E-state index in [9.17, 15) is 17.6 Å². The zero-order valence-corrected chi connectivity index (χ0v) is 8.51. The van der Waals surface area contributed by atoms with E-state index >= 15 is 0 Å². The van der Waals surface area contributed by atoms with Gasteiger partial charge in [0, 0.05) is 17.7 Å². The first-order valence-corrected chi connectivity index (χ1v) is 4.54. The van der Waals surface area contributed by atoms with Crippen LogP contribution in [0.3, 0.4) is 0 Å². The molecule has 1 aromatic carbocycles. The van der Waals surface area contributed by atoms with Crippen LogP contribution >= 0.6 is 0 Å². The predicted molar refractivity (Wildman–Crippen MR) is 50.6 cm³/mol. The second-order valence-corrected chi connectivity index (χ2v) is 3.37. The topological polar surface area (TPSA) is 35.2 Å². The van der Waals surface area contributed by atoms with Gasteiger partial charge in [0.2, 0.25) is 0 Å². The van der Waals surface area contributed by atoms with E-state index in [4.69, 9.17) is 5.73 Å². The Labute approximate surface area is 90.0 Å². The van der Waals surface area contributed by atoms with E-state index in [-0.39, 0.29) is 5.75 Å². The molecule has 0 aromatic heterocycles. The molecule has 0 fully saturated rings. The molecule has 0 saturated heterocycles. The highest BCUT2D eigenvalue weighted by Crippen LogP contribution is 2.26. The van der Waals surface area contributed by atoms with Gasteiger partial charge in [-0.05, 0) is 13.0 Å². The summed E-state index contributed by atoms with van der Waals surface area (Å²) in [6, 6.07) is 2.80. The van der Waals surface area contributed by atoms with Crippen molar-refractivity contribution in [2.45, 2.75) is 19.1 Å². The lowest BCUT2D eigenvalue weighted by Gasteiger charge is -2.15. The summed E-state index contributed by atoms with van der Waals surface area (Å²) in [5.74, 6) is -0.839. The second-order valence-electron chi connectivity index (χ2n) is 3.37. The van der Waals surface area contributed by atoms with Gasteiger partial charge in [-0.1, -0.05) is 6.07 Å². The van der Waals surface area contributed by atoms with Crippen LogP contribution in [0.4, 0.5) is 17.6 Å². The Bertz CT molecular complexity index is 362. The number of nitrogens with two attached hydrogens (primary N) is 1. The molecule has 1 unspecified atom stereocenters. The fraction of sp³-hybridized carbons (Fsp3) is 0.400. The third-order valence-corrected chi connectivity index (χ3v) is 1.86. The minimum absolute atomic E-state index is 0.174. The standard InChI is InChI=1S/C10H11F4NO/c1-6(15)8-3-2-7(11)4-9(8)16-5-10(12,13)14/h2-4,6H,5,15H2,1H3. The van der Waals surface area contributed by atoms with Crippen molar-refractivity contribution in [3.63, 3.8) is 0 Å². The summed E-state index contributed by atoms with van der Waals surface area (Å²) in [4.78, 5) is 0. The van der Waals surface area contributed by atoms with Gasteiger partial charge in [-0.15, -0.1) is 0 Å². The van der Waals surface area contributed by atoms with Crippen LogP contribution in [0.15, 0.2) is 18.2 Å². The van der Waals surface area contributed by atoms with Crippen LogP contribution in [0.5, 0.6) is 5.75 Å². The Hall–Kier alpha value is -1.30. The van der Waals surface area contributed by atoms with Crippen molar-refractivity contribution in [1.29, 1.82) is 0 Å². The van der Waals surface area contributed by atoms with E-state index in [0.717, 1.165) is 12.1 Å². The molecule has 90 valence electrons. The number of hydrogen-bond acceptors (Lipinski definition) is 2. The fourth-order valence-electron chi connectivity index (χ4n) is 1.17. The third-order valence-electron chi connectivity index (χ3n) is 1.86. The van der Waals surface area contributed by atoms with Gasteiger partial charge in [0.25, 0.3) is 0 Å². The van der Waals surface area contributed by atoms with Gasteiger partial charge in [-0.25, -0.2) is 4.39 Å². The highest BCUT2D eigenvalue weighted by atomic mass is 19.4. The van der Waals surface area contributed by atoms with Crippen molar-refractivity contribution in [3.05, 3.63) is 29.6 Å². The predicted octanol–water partition coefficient (Wildman–Crippen LogP) is 2.79. The van der Waals surface area contributed by atoms with Gasteiger partial charge >= 0.3 is 6.18 Å². The maximum Gasteiger partial charge on any atom is 0.422 e. The number of benzene rings is 1. The number of alkyl halides is 3. The number of halogens is 4. The molecule has 0 aliphatic heterocycles. The van der Waals surface area contributed by atoms with Crippen molar-refractivity contribution in [2.24, 2.45) is 5.73 Å². The Balaban J connectivity index is 2.88. The quantitative estimate of drug-likeness (QED) is 0.820. The molecule has 0 spiro atoms. The highest BCUT2D eigenvalue weighted by Gasteiger charge is 2.29. The van der Waals surface area contributed by atoms with Crippen LogP contribution in [0, 0.1) is 5.82 Å². The Kier molecular flexibility index (Phi) is 3.74. The van der Waals surface area contributed by atoms with Crippen molar-refractivity contribution in [2.75, 3.05) is 6.61 Å². The van der Waals surface area contributed by atoms with E-state index in [0.29, 0.717) is 5.56 Å². The number of rotatable bonds is 3. The van der Waals surface area contributed by atoms with Crippen LogP contribution in [0.1, 0.15) is 18.5 Å². The average Bonchev–Trinajstić information content (AvgIpc) is 2.13. The minimum Gasteiger partial charge on any atom is -0.484 e. The Morgan fingerprint density at radius 1 is 1.38 bits per heavy atom. The largest absolute Gasteiger partial charge is 0.484 e. The molecule has 0 heterocycles. The monoisotopic (exact) mass is 237 g/mol. The lowest BCUT2D eigenvalue weighted by Crippen LogP contribution is -2.20. The average molecular weight is 237 g/mol. The van der Waals surface area contributed by atoms with Gasteiger partial charge < -0.3 is 10.5 Å². The molecule has 0 amide bonds. The summed E-state index contributed by atoms with van der Waals surface area (Å²) in [5, 5.41) is 0. The van der Waals surface area contributed by atoms with E-state index < -0.39 is 24.6 Å². The lowest BCUT2D eigenvalue weighted by atomic mass is 10.1. The third kappa shape index (κ3) is 3.69. The van der Waals surface area contributed by atoms with E-state index in [1.54, 1.807) is 6.92 Å². The molecule has 1 rings (SSSR count). The minimum atomic E-state index is -4.46. The van der Waals surface area contributed by atoms with E-state index in [2.05, 4.69) is 4.74 Å². The molecule has 0 radical (unpaired) electrons. The first-order chi connectivity index (χ1) is 7.29. The zero-order valence-electron chi connectivity index (χ0n) is 8.51. The molecule has 2 nitrogen and oxygen atoms in total. The van der Waals surface area contributed by atoms with Gasteiger partial charge in [-0.2, -0.15) is 13.2 Å². The molecule has 6 heteroatoms. The van der Waals surface area contributed by atoms with Gasteiger partial charge in [0.05, 0.1) is 0 Å². The summed E-state index contributed by atoms with van der Waals surface area (Å²) in [5.41, 5.74) is 5.86. The van der Waals surface area contributed by atoms with E-state index in [1.165, 1.54) is 6.07 Å². The van der Waals surface area contributed by atoms with Crippen molar-refractivity contribution >= 4 is 0 Å². The first kappa shape index (κ1) is 12.8. The van der Waals surface area contributed by atoms with E-state index in [1.807, 2.05) is 0 Å². The number of hydrogen-bond donors (Lipinski definition) is 1. The normalized spacial score (nSPS) is 13.6. The molecule has 0 aliphatic carbocycles. The van der Waals surface area contributed by atoms with Crippen LogP contribution < -0.4 is 10.5 Å². The van der Waals surface area contributed by atoms with Gasteiger partial charge in [0.1, 0.15) is 11.6 Å².